The van der Waals surface area contributed by atoms with Gasteiger partial charge < -0.3 is 4.44 Å². The maximum Gasteiger partial charge on any atom is 0.0590 e. The third-order valence-electron chi connectivity index (χ3n) is 5.44. The highest BCUT2D eigenvalue weighted by molar-refractivity contribution is 9.10. The van der Waals surface area contributed by atoms with Crippen molar-refractivity contribution >= 4 is 59.0 Å². The molecule has 0 spiro atoms. The number of nitrogens with zero attached hydrogens (tertiary/aromatic N) is 1. The molecule has 5 rings (SSSR count). The number of hydrogen-bond acceptors (Lipinski definition) is 1. The summed E-state index contributed by atoms with van der Waals surface area (Å²) < 4.78 is 3.77. The summed E-state index contributed by atoms with van der Waals surface area (Å²) in [7, 11) is -1.68. The summed E-state index contributed by atoms with van der Waals surface area (Å²) in [6.45, 7) is 0. The lowest BCUT2D eigenvalue weighted by atomic mass is 10.3. The SMILES string of the molecule is Brc1ccc(N(P(c2ccccc2)c2ccccc2)P(c2ccccc2)c2ccccc2)cc1. The van der Waals surface area contributed by atoms with Crippen LogP contribution in [0, 0.1) is 0 Å². The molecule has 0 atom stereocenters. The minimum atomic E-state index is -0.840. The predicted octanol–water partition coefficient (Wildman–Crippen LogP) is 7.35. The summed E-state index contributed by atoms with van der Waals surface area (Å²) in [4.78, 5) is 0. The molecule has 0 fully saturated rings. The molecule has 0 saturated heterocycles. The van der Waals surface area contributed by atoms with E-state index in [0.717, 1.165) is 4.47 Å². The molecule has 0 aliphatic heterocycles. The van der Waals surface area contributed by atoms with Crippen LogP contribution in [0.25, 0.3) is 0 Å². The second-order valence-corrected chi connectivity index (χ2v) is 13.1. The highest BCUT2D eigenvalue weighted by Gasteiger charge is 2.32. The average molecular weight is 540 g/mol. The van der Waals surface area contributed by atoms with Gasteiger partial charge in [0.2, 0.25) is 0 Å². The van der Waals surface area contributed by atoms with E-state index in [-0.39, 0.29) is 0 Å². The second-order valence-electron chi connectivity index (χ2n) is 7.73. The Bertz CT molecular complexity index is 1140. The van der Waals surface area contributed by atoms with Crippen LogP contribution in [0.5, 0.6) is 0 Å². The van der Waals surface area contributed by atoms with Gasteiger partial charge in [0.1, 0.15) is 0 Å². The maximum absolute atomic E-state index is 3.64. The van der Waals surface area contributed by atoms with Gasteiger partial charge >= 0.3 is 0 Å². The molecule has 0 radical (unpaired) electrons. The fourth-order valence-corrected chi connectivity index (χ4v) is 10.1. The lowest BCUT2D eigenvalue weighted by Gasteiger charge is -2.40. The lowest BCUT2D eigenvalue weighted by molar-refractivity contribution is 1.54. The van der Waals surface area contributed by atoms with Crippen molar-refractivity contribution in [3.8, 4) is 0 Å². The van der Waals surface area contributed by atoms with E-state index in [1.54, 1.807) is 0 Å². The van der Waals surface area contributed by atoms with Gasteiger partial charge in [0, 0.05) is 31.4 Å². The van der Waals surface area contributed by atoms with Gasteiger partial charge in [-0.05, 0) is 24.3 Å². The fourth-order valence-electron chi connectivity index (χ4n) is 3.91. The van der Waals surface area contributed by atoms with Crippen molar-refractivity contribution in [2.24, 2.45) is 0 Å². The molecule has 34 heavy (non-hydrogen) atoms. The molecule has 4 heteroatoms. The van der Waals surface area contributed by atoms with Crippen LogP contribution >= 0.6 is 32.1 Å². The van der Waals surface area contributed by atoms with Crippen LogP contribution in [0.15, 0.2) is 150 Å². The first-order chi connectivity index (χ1) is 16.8. The first-order valence-corrected chi connectivity index (χ1v) is 14.6. The smallest absolute Gasteiger partial charge is 0.0590 e. The van der Waals surface area contributed by atoms with E-state index in [1.165, 1.54) is 26.9 Å². The zero-order valence-corrected chi connectivity index (χ0v) is 22.0. The van der Waals surface area contributed by atoms with Crippen LogP contribution in [0.1, 0.15) is 0 Å². The fraction of sp³-hybridized carbons (Fsp3) is 0. The monoisotopic (exact) mass is 539 g/mol. The van der Waals surface area contributed by atoms with Crippen LogP contribution in [-0.4, -0.2) is 0 Å². The minimum Gasteiger partial charge on any atom is -0.313 e. The Kier molecular flexibility index (Phi) is 7.52. The van der Waals surface area contributed by atoms with Gasteiger partial charge in [-0.3, -0.25) is 0 Å². The van der Waals surface area contributed by atoms with Crippen molar-refractivity contribution in [3.05, 3.63) is 150 Å². The Hall–Kier alpha value is -2.76. The summed E-state index contributed by atoms with van der Waals surface area (Å²) >= 11 is 3.64. The van der Waals surface area contributed by atoms with E-state index in [2.05, 4.69) is 166 Å². The Morgan fingerprint density at radius 1 is 0.382 bits per heavy atom. The third-order valence-corrected chi connectivity index (χ3v) is 11.4. The van der Waals surface area contributed by atoms with Gasteiger partial charge in [-0.1, -0.05) is 137 Å². The quantitative estimate of drug-likeness (QED) is 0.195. The normalized spacial score (nSPS) is 11.0. The molecular weight excluding hydrogens is 516 g/mol. The Morgan fingerprint density at radius 3 is 0.971 bits per heavy atom. The zero-order valence-electron chi connectivity index (χ0n) is 18.6. The molecule has 0 aliphatic rings. The largest absolute Gasteiger partial charge is 0.313 e. The van der Waals surface area contributed by atoms with E-state index >= 15 is 0 Å². The molecule has 5 aromatic carbocycles. The molecule has 1 nitrogen and oxygen atoms in total. The van der Waals surface area contributed by atoms with Crippen molar-refractivity contribution in [1.82, 2.24) is 0 Å². The molecule has 0 N–H and O–H groups in total. The number of rotatable bonds is 7. The highest BCUT2D eigenvalue weighted by Crippen LogP contribution is 2.57. The molecule has 166 valence electrons. The molecular formula is C30H24BrNP2. The van der Waals surface area contributed by atoms with Crippen LogP contribution in [-0.2, 0) is 0 Å². The van der Waals surface area contributed by atoms with E-state index in [4.69, 9.17) is 0 Å². The summed E-state index contributed by atoms with van der Waals surface area (Å²) in [5.74, 6) is 0. The van der Waals surface area contributed by atoms with Crippen LogP contribution in [0.2, 0.25) is 0 Å². The van der Waals surface area contributed by atoms with Crippen molar-refractivity contribution in [1.29, 1.82) is 0 Å². The van der Waals surface area contributed by atoms with E-state index in [1.807, 2.05) is 0 Å². The van der Waals surface area contributed by atoms with E-state index < -0.39 is 16.1 Å². The number of hydrogen-bond donors (Lipinski definition) is 0. The molecule has 0 heterocycles. The number of anilines is 1. The van der Waals surface area contributed by atoms with Gasteiger partial charge in [-0.15, -0.1) is 0 Å². The Morgan fingerprint density at radius 2 is 0.676 bits per heavy atom. The highest BCUT2D eigenvalue weighted by atomic mass is 79.9. The lowest BCUT2D eigenvalue weighted by Crippen LogP contribution is -2.31. The molecule has 0 saturated carbocycles. The van der Waals surface area contributed by atoms with Gasteiger partial charge in [0.25, 0.3) is 0 Å². The van der Waals surface area contributed by atoms with Crippen LogP contribution < -0.4 is 25.7 Å². The summed E-state index contributed by atoms with van der Waals surface area (Å²) in [5, 5.41) is 5.36. The summed E-state index contributed by atoms with van der Waals surface area (Å²) in [6, 6.07) is 52.6. The van der Waals surface area contributed by atoms with Gasteiger partial charge in [-0.25, -0.2) is 0 Å². The van der Waals surface area contributed by atoms with Crippen LogP contribution in [0.4, 0.5) is 5.69 Å². The molecule has 0 amide bonds. The van der Waals surface area contributed by atoms with Gasteiger partial charge in [-0.2, -0.15) is 0 Å². The first kappa shape index (κ1) is 23.0. The summed E-state index contributed by atoms with van der Waals surface area (Å²) in [6.07, 6.45) is 0. The standard InChI is InChI=1S/C30H24BrNP2/c31-25-21-23-26(24-22-25)32(33(27-13-5-1-6-14-27)28-15-7-2-8-16-28)34(29-17-9-3-10-18-29)30-19-11-4-12-20-30/h1-24H. The number of halogens is 1. The maximum atomic E-state index is 3.64. The Balaban J connectivity index is 1.79. The second kappa shape index (κ2) is 11.1. The van der Waals surface area contributed by atoms with Crippen molar-refractivity contribution in [2.75, 3.05) is 4.44 Å². The van der Waals surface area contributed by atoms with Crippen molar-refractivity contribution in [2.45, 2.75) is 0 Å². The molecule has 0 aromatic heterocycles. The Labute approximate surface area is 212 Å². The topological polar surface area (TPSA) is 3.24 Å². The minimum absolute atomic E-state index is 0.840. The number of benzene rings is 5. The van der Waals surface area contributed by atoms with Crippen molar-refractivity contribution < 1.29 is 0 Å². The van der Waals surface area contributed by atoms with Crippen LogP contribution in [0.3, 0.4) is 0 Å². The first-order valence-electron chi connectivity index (χ1n) is 11.2. The van der Waals surface area contributed by atoms with E-state index in [0.29, 0.717) is 0 Å². The molecule has 0 bridgehead atoms. The predicted molar refractivity (Wildman–Crippen MR) is 155 cm³/mol. The zero-order chi connectivity index (χ0) is 23.2. The average Bonchev–Trinajstić information content (AvgIpc) is 2.91. The third kappa shape index (κ3) is 5.16. The van der Waals surface area contributed by atoms with Crippen molar-refractivity contribution in [3.63, 3.8) is 0 Å². The van der Waals surface area contributed by atoms with Gasteiger partial charge in [0.05, 0.1) is 16.1 Å². The van der Waals surface area contributed by atoms with E-state index in [9.17, 15) is 0 Å². The molecule has 0 aliphatic carbocycles. The van der Waals surface area contributed by atoms with Gasteiger partial charge in [0.15, 0.2) is 0 Å². The summed E-state index contributed by atoms with van der Waals surface area (Å²) in [5.41, 5.74) is 1.22. The molecule has 5 aromatic rings. The molecule has 0 unspecified atom stereocenters.